The Labute approximate surface area is 140 Å². The predicted octanol–water partition coefficient (Wildman–Crippen LogP) is 3.14. The molecule has 122 valence electrons. The number of rotatable bonds is 1. The second kappa shape index (κ2) is 6.00. The van der Waals surface area contributed by atoms with E-state index in [9.17, 15) is 0 Å². The first-order valence-electron chi connectivity index (χ1n) is 8.28. The summed E-state index contributed by atoms with van der Waals surface area (Å²) in [5.74, 6) is 9.01. The molecule has 0 unspecified atom stereocenters. The molecule has 3 aromatic rings. The molecular weight excluding hydrogens is 302 g/mol. The lowest BCUT2D eigenvalue weighted by molar-refractivity contribution is 0.430. The third-order valence-corrected chi connectivity index (χ3v) is 4.48. The molecule has 0 spiro atoms. The minimum atomic E-state index is 0.348. The zero-order valence-corrected chi connectivity index (χ0v) is 13.6. The third-order valence-electron chi connectivity index (χ3n) is 4.48. The van der Waals surface area contributed by atoms with E-state index in [4.69, 9.17) is 10.2 Å². The lowest BCUT2D eigenvalue weighted by Crippen LogP contribution is -2.04. The van der Waals surface area contributed by atoms with Crippen molar-refractivity contribution in [3.8, 4) is 23.4 Å². The molecular formula is C18H19N5O. The molecule has 1 fully saturated rings. The number of nitrogens with two attached hydrogens (primary N) is 1. The highest BCUT2D eigenvalue weighted by Crippen LogP contribution is 2.26. The van der Waals surface area contributed by atoms with Crippen LogP contribution in [0.1, 0.15) is 37.9 Å². The molecule has 4 rings (SSSR count). The Morgan fingerprint density at radius 2 is 2.04 bits per heavy atom. The first-order chi connectivity index (χ1) is 11.7. The molecule has 3 aromatic heterocycles. The highest BCUT2D eigenvalue weighted by Gasteiger charge is 2.17. The number of hydrogen-bond donors (Lipinski definition) is 1. The van der Waals surface area contributed by atoms with Crippen molar-refractivity contribution in [1.82, 2.24) is 19.5 Å². The van der Waals surface area contributed by atoms with Gasteiger partial charge in [-0.3, -0.25) is 0 Å². The van der Waals surface area contributed by atoms with Crippen LogP contribution in [-0.4, -0.2) is 19.5 Å². The van der Waals surface area contributed by atoms with E-state index in [0.29, 0.717) is 40.3 Å². The second-order valence-corrected chi connectivity index (χ2v) is 6.18. The van der Waals surface area contributed by atoms with Crippen molar-refractivity contribution in [2.24, 2.45) is 13.0 Å². The molecule has 6 nitrogen and oxygen atoms in total. The van der Waals surface area contributed by atoms with Gasteiger partial charge in [0.1, 0.15) is 0 Å². The predicted molar refractivity (Wildman–Crippen MR) is 91.9 cm³/mol. The van der Waals surface area contributed by atoms with Crippen molar-refractivity contribution in [3.63, 3.8) is 0 Å². The lowest BCUT2D eigenvalue weighted by Gasteiger charge is -2.15. The summed E-state index contributed by atoms with van der Waals surface area (Å²) in [4.78, 5) is 13.4. The summed E-state index contributed by atoms with van der Waals surface area (Å²) in [7, 11) is 1.89. The molecule has 0 bridgehead atoms. The van der Waals surface area contributed by atoms with Crippen LogP contribution in [-0.2, 0) is 7.05 Å². The van der Waals surface area contributed by atoms with Gasteiger partial charge in [-0.05, 0) is 30.9 Å². The number of nitrogens with zero attached hydrogens (tertiary/aromatic N) is 4. The van der Waals surface area contributed by atoms with Crippen molar-refractivity contribution < 1.29 is 4.42 Å². The van der Waals surface area contributed by atoms with Gasteiger partial charge in [0.15, 0.2) is 28.6 Å². The van der Waals surface area contributed by atoms with Crippen molar-refractivity contribution in [1.29, 1.82) is 0 Å². The van der Waals surface area contributed by atoms with Crippen LogP contribution in [0.25, 0.3) is 22.7 Å². The molecule has 0 atom stereocenters. The second-order valence-electron chi connectivity index (χ2n) is 6.18. The number of fused-ring (bicyclic) bond motifs is 1. The Kier molecular flexibility index (Phi) is 3.69. The molecule has 6 heteroatoms. The molecule has 1 aliphatic rings. The van der Waals surface area contributed by atoms with Crippen LogP contribution in [0.4, 0.5) is 5.82 Å². The van der Waals surface area contributed by atoms with Crippen LogP contribution in [0.2, 0.25) is 0 Å². The number of aromatic nitrogens is 4. The van der Waals surface area contributed by atoms with Gasteiger partial charge in [-0.2, -0.15) is 0 Å². The van der Waals surface area contributed by atoms with Crippen LogP contribution >= 0.6 is 0 Å². The topological polar surface area (TPSA) is 82.8 Å². The average molecular weight is 321 g/mol. The standard InChI is InChI=1S/C18H19N5O/c1-23-17(13-8-5-11-24-13)22-15-16(19)20-14(21-18(15)23)10-9-12-6-3-2-4-7-12/h5,8,11-12H,2-4,6-7H2,1H3,(H2,19,20,21). The monoisotopic (exact) mass is 321 g/mol. The Morgan fingerprint density at radius 1 is 1.21 bits per heavy atom. The maximum atomic E-state index is 6.08. The molecule has 3 heterocycles. The fraction of sp³-hybridized carbons (Fsp3) is 0.389. The molecule has 0 aliphatic heterocycles. The van der Waals surface area contributed by atoms with Gasteiger partial charge < -0.3 is 14.7 Å². The lowest BCUT2D eigenvalue weighted by atomic mass is 9.90. The largest absolute Gasteiger partial charge is 0.461 e. The van der Waals surface area contributed by atoms with E-state index >= 15 is 0 Å². The maximum Gasteiger partial charge on any atom is 0.208 e. The summed E-state index contributed by atoms with van der Waals surface area (Å²) in [6.45, 7) is 0. The van der Waals surface area contributed by atoms with E-state index in [1.54, 1.807) is 6.26 Å². The molecule has 0 amide bonds. The van der Waals surface area contributed by atoms with E-state index in [0.717, 1.165) is 0 Å². The quantitative estimate of drug-likeness (QED) is 0.696. The normalized spacial score (nSPS) is 15.4. The highest BCUT2D eigenvalue weighted by atomic mass is 16.3. The molecule has 2 N–H and O–H groups in total. The number of hydrogen-bond acceptors (Lipinski definition) is 5. The van der Waals surface area contributed by atoms with Crippen LogP contribution in [0.15, 0.2) is 22.8 Å². The van der Waals surface area contributed by atoms with Gasteiger partial charge in [0, 0.05) is 13.0 Å². The van der Waals surface area contributed by atoms with E-state index in [2.05, 4.69) is 26.8 Å². The molecule has 1 aliphatic carbocycles. The van der Waals surface area contributed by atoms with Gasteiger partial charge in [0.05, 0.1) is 6.26 Å². The maximum absolute atomic E-state index is 6.08. The summed E-state index contributed by atoms with van der Waals surface area (Å²) in [5, 5.41) is 0. The Balaban J connectivity index is 1.74. The van der Waals surface area contributed by atoms with Crippen LogP contribution in [0.5, 0.6) is 0 Å². The summed E-state index contributed by atoms with van der Waals surface area (Å²) in [5.41, 5.74) is 7.32. The van der Waals surface area contributed by atoms with E-state index in [-0.39, 0.29) is 0 Å². The number of nitrogen functional groups attached to an aromatic ring is 1. The zero-order chi connectivity index (χ0) is 16.5. The molecule has 1 saturated carbocycles. The third kappa shape index (κ3) is 2.62. The molecule has 0 radical (unpaired) electrons. The van der Waals surface area contributed by atoms with Gasteiger partial charge in [-0.25, -0.2) is 15.0 Å². The summed E-state index contributed by atoms with van der Waals surface area (Å²) < 4.78 is 7.29. The van der Waals surface area contributed by atoms with Gasteiger partial charge in [0.2, 0.25) is 5.82 Å². The SMILES string of the molecule is Cn1c(-c2ccco2)nc2c(N)nc(C#CC3CCCCC3)nc21. The van der Waals surface area contributed by atoms with E-state index in [1.165, 1.54) is 32.1 Å². The van der Waals surface area contributed by atoms with Crippen molar-refractivity contribution in [2.45, 2.75) is 32.1 Å². The average Bonchev–Trinajstić information content (AvgIpc) is 3.23. The zero-order valence-electron chi connectivity index (χ0n) is 13.6. The number of imidazole rings is 1. The van der Waals surface area contributed by atoms with Gasteiger partial charge >= 0.3 is 0 Å². The fourth-order valence-corrected chi connectivity index (χ4v) is 3.18. The van der Waals surface area contributed by atoms with Gasteiger partial charge in [0.25, 0.3) is 0 Å². The summed E-state index contributed by atoms with van der Waals surface area (Å²) in [6.07, 6.45) is 7.78. The number of furan rings is 1. The Bertz CT molecular complexity index is 924. The first-order valence-corrected chi connectivity index (χ1v) is 8.28. The smallest absolute Gasteiger partial charge is 0.208 e. The fourth-order valence-electron chi connectivity index (χ4n) is 3.18. The Morgan fingerprint density at radius 3 is 2.79 bits per heavy atom. The van der Waals surface area contributed by atoms with Crippen LogP contribution in [0.3, 0.4) is 0 Å². The van der Waals surface area contributed by atoms with E-state index < -0.39 is 0 Å². The molecule has 0 aromatic carbocycles. The Hall–Kier alpha value is -2.81. The van der Waals surface area contributed by atoms with Crippen LogP contribution in [0, 0.1) is 17.8 Å². The van der Waals surface area contributed by atoms with Gasteiger partial charge in [-0.15, -0.1) is 0 Å². The minimum Gasteiger partial charge on any atom is -0.461 e. The highest BCUT2D eigenvalue weighted by molar-refractivity contribution is 5.85. The van der Waals surface area contributed by atoms with Crippen LogP contribution < -0.4 is 5.73 Å². The number of anilines is 1. The van der Waals surface area contributed by atoms with Gasteiger partial charge in [-0.1, -0.05) is 25.2 Å². The van der Waals surface area contributed by atoms with E-state index in [1.807, 2.05) is 23.7 Å². The molecule has 24 heavy (non-hydrogen) atoms. The van der Waals surface area contributed by atoms with Crippen molar-refractivity contribution >= 4 is 17.0 Å². The summed E-state index contributed by atoms with van der Waals surface area (Å²) >= 11 is 0. The van der Waals surface area contributed by atoms with Crippen molar-refractivity contribution in [3.05, 3.63) is 24.2 Å². The number of aryl methyl sites for hydroxylation is 1. The minimum absolute atomic E-state index is 0.348. The molecule has 0 saturated heterocycles. The summed E-state index contributed by atoms with van der Waals surface area (Å²) in [6, 6.07) is 3.68. The van der Waals surface area contributed by atoms with Crippen molar-refractivity contribution in [2.75, 3.05) is 5.73 Å². The first kappa shape index (κ1) is 14.8.